The second-order valence-corrected chi connectivity index (χ2v) is 4.55. The fraction of sp³-hybridized carbons (Fsp3) is 0.125. The van der Waals surface area contributed by atoms with Crippen LogP contribution in [0.15, 0.2) is 24.3 Å². The van der Waals surface area contributed by atoms with Gasteiger partial charge in [0.25, 0.3) is 10.2 Å². The second kappa shape index (κ2) is 3.87. The number of nitrogens with two attached hydrogens (primary N) is 2. The lowest BCUT2D eigenvalue weighted by atomic mass is 10.2. The zero-order valence-corrected chi connectivity index (χ0v) is 8.95. The lowest BCUT2D eigenvalue weighted by Gasteiger charge is -2.15. The summed E-state index contributed by atoms with van der Waals surface area (Å²) < 4.78 is 22.9. The molecule has 0 fully saturated rings. The Kier molecular flexibility index (Phi) is 2.96. The first-order chi connectivity index (χ1) is 6.82. The van der Waals surface area contributed by atoms with Crippen molar-refractivity contribution in [2.24, 2.45) is 10.9 Å². The molecule has 6 nitrogen and oxygen atoms in total. The maximum absolute atomic E-state index is 11.0. The first-order valence-electron chi connectivity index (χ1n) is 4.03. The van der Waals surface area contributed by atoms with Gasteiger partial charge in [0.15, 0.2) is 0 Å². The Labute approximate surface area is 88.2 Å². The van der Waals surface area contributed by atoms with E-state index in [9.17, 15) is 8.42 Å². The number of nitrogens with zero attached hydrogens (tertiary/aromatic N) is 1. The highest BCUT2D eigenvalue weighted by Gasteiger charge is 2.11. The number of hydrogen-bond donors (Lipinski definition) is 3. The molecule has 0 saturated heterocycles. The zero-order chi connectivity index (χ0) is 11.6. The summed E-state index contributed by atoms with van der Waals surface area (Å²) in [6.45, 7) is 0. The van der Waals surface area contributed by atoms with Gasteiger partial charge in [0.1, 0.15) is 5.84 Å². The van der Waals surface area contributed by atoms with Crippen molar-refractivity contribution < 1.29 is 8.42 Å². The van der Waals surface area contributed by atoms with Crippen molar-refractivity contribution in [3.63, 3.8) is 0 Å². The van der Waals surface area contributed by atoms with E-state index in [1.54, 1.807) is 12.1 Å². The van der Waals surface area contributed by atoms with Gasteiger partial charge in [-0.1, -0.05) is 0 Å². The van der Waals surface area contributed by atoms with E-state index in [0.717, 1.165) is 4.31 Å². The van der Waals surface area contributed by atoms with Crippen molar-refractivity contribution >= 4 is 21.7 Å². The van der Waals surface area contributed by atoms with E-state index in [2.05, 4.69) is 0 Å². The molecule has 5 N–H and O–H groups in total. The van der Waals surface area contributed by atoms with E-state index in [0.29, 0.717) is 11.3 Å². The highest BCUT2D eigenvalue weighted by Crippen LogP contribution is 2.14. The van der Waals surface area contributed by atoms with Crippen LogP contribution in [0.1, 0.15) is 5.56 Å². The maximum atomic E-state index is 11.0. The molecule has 0 aliphatic heterocycles. The molecule has 0 radical (unpaired) electrons. The molecule has 0 aliphatic rings. The van der Waals surface area contributed by atoms with E-state index in [1.807, 2.05) is 0 Å². The van der Waals surface area contributed by atoms with Gasteiger partial charge in [-0.05, 0) is 24.3 Å². The predicted octanol–water partition coefficient (Wildman–Crippen LogP) is -0.390. The standard InChI is InChI=1S/C8H12N4O2S/c1-12(15(11,13)14)7-4-2-6(3-5-7)8(9)10/h2-5H,1H3,(H3,9,10)(H2,11,13,14). The van der Waals surface area contributed by atoms with Crippen LogP contribution in [0.2, 0.25) is 0 Å². The topological polar surface area (TPSA) is 113 Å². The van der Waals surface area contributed by atoms with Crippen LogP contribution < -0.4 is 15.2 Å². The van der Waals surface area contributed by atoms with Gasteiger partial charge in [-0.25, -0.2) is 5.14 Å². The molecule has 0 saturated carbocycles. The SMILES string of the molecule is CN(c1ccc(C(=N)N)cc1)S(N)(=O)=O. The largest absolute Gasteiger partial charge is 0.384 e. The van der Waals surface area contributed by atoms with Crippen LogP contribution in [-0.4, -0.2) is 21.3 Å². The third kappa shape index (κ3) is 2.67. The normalized spacial score (nSPS) is 11.1. The smallest absolute Gasteiger partial charge is 0.298 e. The minimum atomic E-state index is -3.74. The van der Waals surface area contributed by atoms with Gasteiger partial charge in [0, 0.05) is 12.6 Å². The molecule has 1 rings (SSSR count). The van der Waals surface area contributed by atoms with Gasteiger partial charge in [-0.3, -0.25) is 9.71 Å². The number of amidine groups is 1. The van der Waals surface area contributed by atoms with Crippen molar-refractivity contribution in [1.29, 1.82) is 5.41 Å². The van der Waals surface area contributed by atoms with Gasteiger partial charge >= 0.3 is 0 Å². The molecule has 15 heavy (non-hydrogen) atoms. The first-order valence-corrected chi connectivity index (χ1v) is 5.54. The molecular weight excluding hydrogens is 216 g/mol. The quantitative estimate of drug-likeness (QED) is 0.483. The summed E-state index contributed by atoms with van der Waals surface area (Å²) in [5, 5.41) is 12.1. The van der Waals surface area contributed by atoms with Crippen LogP contribution in [0.5, 0.6) is 0 Å². The summed E-state index contributed by atoms with van der Waals surface area (Å²) in [4.78, 5) is 0. The Balaban J connectivity index is 3.05. The fourth-order valence-electron chi connectivity index (χ4n) is 0.998. The van der Waals surface area contributed by atoms with Crippen LogP contribution >= 0.6 is 0 Å². The van der Waals surface area contributed by atoms with Gasteiger partial charge in [-0.15, -0.1) is 0 Å². The van der Waals surface area contributed by atoms with Gasteiger partial charge in [0.2, 0.25) is 0 Å². The minimum absolute atomic E-state index is 0.0696. The van der Waals surface area contributed by atoms with E-state index in [4.69, 9.17) is 16.3 Å². The zero-order valence-electron chi connectivity index (χ0n) is 8.14. The molecule has 1 aromatic rings. The maximum Gasteiger partial charge on any atom is 0.298 e. The Hall–Kier alpha value is -1.60. The fourth-order valence-corrected chi connectivity index (χ4v) is 1.41. The Morgan fingerprint density at radius 2 is 1.80 bits per heavy atom. The van der Waals surface area contributed by atoms with Crippen molar-refractivity contribution in [2.75, 3.05) is 11.4 Å². The average Bonchev–Trinajstić information content (AvgIpc) is 2.15. The summed E-state index contributed by atoms with van der Waals surface area (Å²) in [7, 11) is -2.40. The van der Waals surface area contributed by atoms with Gasteiger partial charge in [0.05, 0.1) is 5.69 Å². The average molecular weight is 228 g/mol. The Morgan fingerprint density at radius 3 is 2.13 bits per heavy atom. The summed E-state index contributed by atoms with van der Waals surface area (Å²) in [6, 6.07) is 6.17. The molecule has 0 aromatic heterocycles. The second-order valence-electron chi connectivity index (χ2n) is 2.97. The Bertz CT molecular complexity index is 466. The minimum Gasteiger partial charge on any atom is -0.384 e. The molecule has 82 valence electrons. The van der Waals surface area contributed by atoms with E-state index in [-0.39, 0.29) is 5.84 Å². The van der Waals surface area contributed by atoms with E-state index >= 15 is 0 Å². The molecule has 0 heterocycles. The van der Waals surface area contributed by atoms with Crippen molar-refractivity contribution in [3.8, 4) is 0 Å². The van der Waals surface area contributed by atoms with Crippen LogP contribution in [0, 0.1) is 5.41 Å². The van der Waals surface area contributed by atoms with Crippen LogP contribution in [0.3, 0.4) is 0 Å². The molecule has 0 bridgehead atoms. The van der Waals surface area contributed by atoms with Gasteiger partial charge in [-0.2, -0.15) is 8.42 Å². The Morgan fingerprint density at radius 1 is 1.33 bits per heavy atom. The molecule has 1 aromatic carbocycles. The van der Waals surface area contributed by atoms with Crippen molar-refractivity contribution in [1.82, 2.24) is 0 Å². The monoisotopic (exact) mass is 228 g/mol. The van der Waals surface area contributed by atoms with E-state index < -0.39 is 10.2 Å². The molecule has 7 heteroatoms. The number of hydrogen-bond acceptors (Lipinski definition) is 3. The third-order valence-electron chi connectivity index (χ3n) is 1.92. The number of benzene rings is 1. The number of rotatable bonds is 3. The summed E-state index contributed by atoms with van der Waals surface area (Å²) in [6.07, 6.45) is 0. The van der Waals surface area contributed by atoms with Crippen LogP contribution in [-0.2, 0) is 10.2 Å². The number of nitrogen functional groups attached to an aromatic ring is 1. The summed E-state index contributed by atoms with van der Waals surface area (Å²) >= 11 is 0. The van der Waals surface area contributed by atoms with Gasteiger partial charge < -0.3 is 5.73 Å². The number of anilines is 1. The summed E-state index contributed by atoms with van der Waals surface area (Å²) in [5.74, 6) is -0.0696. The first kappa shape index (κ1) is 11.5. The molecule has 0 unspecified atom stereocenters. The predicted molar refractivity (Wildman–Crippen MR) is 59.0 cm³/mol. The molecule has 0 aliphatic carbocycles. The van der Waals surface area contributed by atoms with Crippen LogP contribution in [0.25, 0.3) is 0 Å². The number of nitrogens with one attached hydrogen (secondary N) is 1. The van der Waals surface area contributed by atoms with Crippen molar-refractivity contribution in [2.45, 2.75) is 0 Å². The van der Waals surface area contributed by atoms with E-state index in [1.165, 1.54) is 19.2 Å². The lowest BCUT2D eigenvalue weighted by molar-refractivity contribution is 0.596. The third-order valence-corrected chi connectivity index (χ3v) is 2.90. The summed E-state index contributed by atoms with van der Waals surface area (Å²) in [5.41, 5.74) is 6.20. The molecular formula is C8H12N4O2S. The van der Waals surface area contributed by atoms with Crippen molar-refractivity contribution in [3.05, 3.63) is 29.8 Å². The van der Waals surface area contributed by atoms with Crippen LogP contribution in [0.4, 0.5) is 5.69 Å². The molecule has 0 atom stereocenters. The highest BCUT2D eigenvalue weighted by atomic mass is 32.2. The molecule has 0 spiro atoms. The lowest BCUT2D eigenvalue weighted by Crippen LogP contribution is -2.33. The highest BCUT2D eigenvalue weighted by molar-refractivity contribution is 7.90. The molecule has 0 amide bonds.